The Morgan fingerprint density at radius 2 is 1.95 bits per heavy atom. The lowest BCUT2D eigenvalue weighted by Gasteiger charge is -2.09. The van der Waals surface area contributed by atoms with Crippen LogP contribution in [0.2, 0.25) is 5.02 Å². The lowest BCUT2D eigenvalue weighted by atomic mass is 10.1. The van der Waals surface area contributed by atoms with Crippen LogP contribution in [0.4, 0.5) is 0 Å². The highest BCUT2D eigenvalue weighted by atomic mass is 79.9. The maximum atomic E-state index is 5.93. The van der Waals surface area contributed by atoms with Gasteiger partial charge in [-0.05, 0) is 23.8 Å². The van der Waals surface area contributed by atoms with Gasteiger partial charge >= 0.3 is 0 Å². The molecule has 20 heavy (non-hydrogen) atoms. The summed E-state index contributed by atoms with van der Waals surface area (Å²) in [4.78, 5) is 0. The van der Waals surface area contributed by atoms with E-state index in [4.69, 9.17) is 21.1 Å². The molecule has 2 aromatic carbocycles. The summed E-state index contributed by atoms with van der Waals surface area (Å²) < 4.78 is 11.9. The van der Waals surface area contributed by atoms with Crippen LogP contribution < -0.4 is 14.8 Å². The smallest absolute Gasteiger partial charge is 0.231 e. The van der Waals surface area contributed by atoms with Gasteiger partial charge in [0, 0.05) is 28.1 Å². The molecular weight excluding hydrogens is 342 g/mol. The Morgan fingerprint density at radius 1 is 1.10 bits per heavy atom. The maximum absolute atomic E-state index is 5.93. The molecule has 0 saturated heterocycles. The second-order valence-corrected chi connectivity index (χ2v) is 5.78. The number of hydrogen-bond donors (Lipinski definition) is 1. The van der Waals surface area contributed by atoms with Gasteiger partial charge in [0.05, 0.1) is 0 Å². The van der Waals surface area contributed by atoms with E-state index >= 15 is 0 Å². The number of nitrogens with one attached hydrogen (secondary N) is 1. The Hall–Kier alpha value is -1.23. The third kappa shape index (κ3) is 2.92. The molecule has 1 aliphatic heterocycles. The number of halogens is 2. The van der Waals surface area contributed by atoms with E-state index in [1.54, 1.807) is 0 Å². The van der Waals surface area contributed by atoms with Gasteiger partial charge < -0.3 is 14.8 Å². The van der Waals surface area contributed by atoms with Crippen LogP contribution in [0, 0.1) is 0 Å². The van der Waals surface area contributed by atoms with Crippen LogP contribution in [0.5, 0.6) is 11.5 Å². The zero-order chi connectivity index (χ0) is 13.9. The second kappa shape index (κ2) is 6.04. The third-order valence-corrected chi connectivity index (χ3v) is 4.10. The molecule has 0 bridgehead atoms. The third-order valence-electron chi connectivity index (χ3n) is 3.12. The quantitative estimate of drug-likeness (QED) is 0.896. The second-order valence-electron chi connectivity index (χ2n) is 4.49. The largest absolute Gasteiger partial charge is 0.454 e. The Kier molecular flexibility index (Phi) is 4.15. The van der Waals surface area contributed by atoms with Gasteiger partial charge in [-0.25, -0.2) is 0 Å². The number of hydrogen-bond acceptors (Lipinski definition) is 3. The number of rotatable bonds is 4. The normalized spacial score (nSPS) is 12.7. The van der Waals surface area contributed by atoms with Gasteiger partial charge in [0.2, 0.25) is 6.79 Å². The Morgan fingerprint density at radius 3 is 2.80 bits per heavy atom. The van der Waals surface area contributed by atoms with Gasteiger partial charge in [-0.2, -0.15) is 0 Å². The summed E-state index contributed by atoms with van der Waals surface area (Å²) in [7, 11) is 0. The van der Waals surface area contributed by atoms with Crippen molar-refractivity contribution in [3.05, 3.63) is 57.0 Å². The van der Waals surface area contributed by atoms with Crippen molar-refractivity contribution in [2.24, 2.45) is 0 Å². The van der Waals surface area contributed by atoms with Gasteiger partial charge in [-0.3, -0.25) is 0 Å². The molecule has 0 fully saturated rings. The zero-order valence-corrected chi connectivity index (χ0v) is 13.0. The van der Waals surface area contributed by atoms with Crippen LogP contribution >= 0.6 is 27.5 Å². The molecule has 0 radical (unpaired) electrons. The van der Waals surface area contributed by atoms with E-state index < -0.39 is 0 Å². The molecule has 0 aromatic heterocycles. The minimum atomic E-state index is 0.301. The summed E-state index contributed by atoms with van der Waals surface area (Å²) in [5, 5.41) is 4.13. The predicted molar refractivity (Wildman–Crippen MR) is 82.3 cm³/mol. The Labute approximate surface area is 131 Å². The van der Waals surface area contributed by atoms with E-state index in [1.165, 1.54) is 5.56 Å². The minimum absolute atomic E-state index is 0.301. The highest BCUT2D eigenvalue weighted by Crippen LogP contribution is 2.35. The monoisotopic (exact) mass is 353 g/mol. The molecule has 1 heterocycles. The van der Waals surface area contributed by atoms with Crippen LogP contribution in [-0.2, 0) is 13.1 Å². The molecule has 0 unspecified atom stereocenters. The summed E-state index contributed by atoms with van der Waals surface area (Å²) in [6.45, 7) is 1.78. The van der Waals surface area contributed by atoms with Crippen molar-refractivity contribution in [1.82, 2.24) is 5.32 Å². The standard InChI is InChI=1S/C15H13BrClNO2/c16-13-6-12(17)5-4-10(13)7-18-8-11-2-1-3-14-15(11)20-9-19-14/h1-6,18H,7-9H2. The molecule has 0 aliphatic carbocycles. The molecule has 3 rings (SSSR count). The number of para-hydroxylation sites is 1. The van der Waals surface area contributed by atoms with Gasteiger partial charge in [-0.1, -0.05) is 45.7 Å². The molecule has 104 valence electrons. The summed E-state index contributed by atoms with van der Waals surface area (Å²) in [5.41, 5.74) is 2.27. The number of fused-ring (bicyclic) bond motifs is 1. The molecule has 0 saturated carbocycles. The summed E-state index contributed by atoms with van der Waals surface area (Å²) in [6.07, 6.45) is 0. The topological polar surface area (TPSA) is 30.5 Å². The van der Waals surface area contributed by atoms with Crippen LogP contribution in [0.15, 0.2) is 40.9 Å². The lowest BCUT2D eigenvalue weighted by molar-refractivity contribution is 0.173. The highest BCUT2D eigenvalue weighted by molar-refractivity contribution is 9.10. The van der Waals surface area contributed by atoms with Crippen LogP contribution in [-0.4, -0.2) is 6.79 Å². The van der Waals surface area contributed by atoms with Crippen molar-refractivity contribution in [2.45, 2.75) is 13.1 Å². The van der Waals surface area contributed by atoms with Crippen molar-refractivity contribution in [1.29, 1.82) is 0 Å². The van der Waals surface area contributed by atoms with Crippen LogP contribution in [0.3, 0.4) is 0 Å². The first-order valence-electron chi connectivity index (χ1n) is 6.26. The summed E-state index contributed by atoms with van der Waals surface area (Å²) in [5.74, 6) is 1.66. The van der Waals surface area contributed by atoms with Crippen molar-refractivity contribution in [3.8, 4) is 11.5 Å². The van der Waals surface area contributed by atoms with E-state index in [0.717, 1.165) is 39.6 Å². The zero-order valence-electron chi connectivity index (χ0n) is 10.7. The molecule has 0 spiro atoms. The first-order chi connectivity index (χ1) is 9.74. The molecule has 3 nitrogen and oxygen atoms in total. The average molecular weight is 355 g/mol. The fourth-order valence-electron chi connectivity index (χ4n) is 2.13. The van der Waals surface area contributed by atoms with Crippen LogP contribution in [0.1, 0.15) is 11.1 Å². The van der Waals surface area contributed by atoms with Crippen molar-refractivity contribution < 1.29 is 9.47 Å². The van der Waals surface area contributed by atoms with Gasteiger partial charge in [0.15, 0.2) is 11.5 Å². The molecule has 0 amide bonds. The van der Waals surface area contributed by atoms with Crippen molar-refractivity contribution in [2.75, 3.05) is 6.79 Å². The molecule has 5 heteroatoms. The van der Waals surface area contributed by atoms with E-state index in [9.17, 15) is 0 Å². The predicted octanol–water partition coefficient (Wildman–Crippen LogP) is 4.12. The number of benzene rings is 2. The first-order valence-corrected chi connectivity index (χ1v) is 7.43. The summed E-state index contributed by atoms with van der Waals surface area (Å²) in [6, 6.07) is 11.7. The van der Waals surface area contributed by atoms with E-state index in [-0.39, 0.29) is 0 Å². The average Bonchev–Trinajstić information content (AvgIpc) is 2.90. The molecular formula is C15H13BrClNO2. The number of ether oxygens (including phenoxy) is 2. The highest BCUT2D eigenvalue weighted by Gasteiger charge is 2.16. The molecule has 2 aromatic rings. The van der Waals surface area contributed by atoms with Gasteiger partial charge in [-0.15, -0.1) is 0 Å². The van der Waals surface area contributed by atoms with Gasteiger partial charge in [0.1, 0.15) is 0 Å². The fraction of sp³-hybridized carbons (Fsp3) is 0.200. The van der Waals surface area contributed by atoms with E-state index in [1.807, 2.05) is 36.4 Å². The molecule has 0 atom stereocenters. The van der Waals surface area contributed by atoms with Crippen LogP contribution in [0.25, 0.3) is 0 Å². The Balaban J connectivity index is 1.64. The lowest BCUT2D eigenvalue weighted by Crippen LogP contribution is -2.13. The molecule has 1 aliphatic rings. The van der Waals surface area contributed by atoms with Gasteiger partial charge in [0.25, 0.3) is 0 Å². The van der Waals surface area contributed by atoms with Crippen molar-refractivity contribution >= 4 is 27.5 Å². The van der Waals surface area contributed by atoms with Crippen molar-refractivity contribution in [3.63, 3.8) is 0 Å². The minimum Gasteiger partial charge on any atom is -0.454 e. The summed E-state index contributed by atoms with van der Waals surface area (Å²) >= 11 is 9.44. The Bertz CT molecular complexity index is 633. The maximum Gasteiger partial charge on any atom is 0.231 e. The first kappa shape index (κ1) is 13.7. The molecule has 1 N–H and O–H groups in total. The van der Waals surface area contributed by atoms with E-state index in [0.29, 0.717) is 6.79 Å². The van der Waals surface area contributed by atoms with E-state index in [2.05, 4.69) is 21.2 Å². The SMILES string of the molecule is Clc1ccc(CNCc2cccc3c2OCO3)c(Br)c1. The fourth-order valence-corrected chi connectivity index (χ4v) is 2.95.